The molecule has 4 N–H and O–H groups in total. The lowest BCUT2D eigenvalue weighted by molar-refractivity contribution is -0.138. The molecular weight excluding hydrogens is 602 g/mol. The van der Waals surface area contributed by atoms with Crippen LogP contribution in [0.4, 0.5) is 5.69 Å². The molecule has 1 atom stereocenters. The van der Waals surface area contributed by atoms with Crippen LogP contribution < -0.4 is 16.0 Å². The second kappa shape index (κ2) is 13.7. The van der Waals surface area contributed by atoms with Gasteiger partial charge in [0.05, 0.1) is 24.1 Å². The summed E-state index contributed by atoms with van der Waals surface area (Å²) in [7, 11) is 0. The summed E-state index contributed by atoms with van der Waals surface area (Å²) in [5, 5.41) is 3.88. The molecule has 244 valence electrons. The summed E-state index contributed by atoms with van der Waals surface area (Å²) < 4.78 is 0. The van der Waals surface area contributed by atoms with Gasteiger partial charge in [-0.3, -0.25) is 19.2 Å². The van der Waals surface area contributed by atoms with Crippen molar-refractivity contribution in [3.05, 3.63) is 137 Å². The number of hydrogen-bond donors (Lipinski definition) is 3. The number of aromatic nitrogens is 1. The van der Waals surface area contributed by atoms with Crippen molar-refractivity contribution in [2.45, 2.75) is 57.8 Å². The lowest BCUT2D eigenvalue weighted by atomic mass is 10.0. The maximum atomic E-state index is 14.1. The minimum Gasteiger partial charge on any atom is -0.361 e. The average Bonchev–Trinajstić information content (AvgIpc) is 3.69. The third-order valence-electron chi connectivity index (χ3n) is 8.66. The fraction of sp³-hybridized carbons (Fsp3) is 0.231. The van der Waals surface area contributed by atoms with E-state index in [1.807, 2.05) is 103 Å². The van der Waals surface area contributed by atoms with E-state index < -0.39 is 17.5 Å². The summed E-state index contributed by atoms with van der Waals surface area (Å²) >= 11 is 0. The van der Waals surface area contributed by atoms with Gasteiger partial charge in [-0.05, 0) is 59.9 Å². The number of para-hydroxylation sites is 1. The minimum atomic E-state index is -1.18. The summed E-state index contributed by atoms with van der Waals surface area (Å²) in [6.45, 7) is 3.80. The predicted molar refractivity (Wildman–Crippen MR) is 186 cm³/mol. The van der Waals surface area contributed by atoms with Crippen molar-refractivity contribution in [2.75, 3.05) is 4.90 Å². The number of H-pyrrole nitrogens is 1. The van der Waals surface area contributed by atoms with Gasteiger partial charge < -0.3 is 20.9 Å². The first-order chi connectivity index (χ1) is 23.1. The quantitative estimate of drug-likeness (QED) is 0.202. The molecule has 6 rings (SSSR count). The number of nitrogens with one attached hydrogen (secondary N) is 2. The van der Waals surface area contributed by atoms with Crippen LogP contribution >= 0.6 is 0 Å². The number of fused-ring (bicyclic) bond motifs is 2. The van der Waals surface area contributed by atoms with Crippen LogP contribution in [-0.2, 0) is 51.5 Å². The molecule has 1 aliphatic rings. The van der Waals surface area contributed by atoms with Crippen LogP contribution in [0.3, 0.4) is 0 Å². The second-order valence-corrected chi connectivity index (χ2v) is 12.9. The predicted octanol–water partition coefficient (Wildman–Crippen LogP) is 4.82. The Morgan fingerprint density at radius 2 is 1.40 bits per heavy atom. The zero-order valence-corrected chi connectivity index (χ0v) is 27.1. The monoisotopic (exact) mass is 641 g/mol. The second-order valence-electron chi connectivity index (χ2n) is 12.9. The molecule has 9 nitrogen and oxygen atoms in total. The molecule has 2 heterocycles. The van der Waals surface area contributed by atoms with Gasteiger partial charge in [-0.2, -0.15) is 0 Å². The van der Waals surface area contributed by atoms with E-state index in [-0.39, 0.29) is 43.5 Å². The smallest absolute Gasteiger partial charge is 0.246 e. The topological polar surface area (TPSA) is 129 Å². The Kier molecular flexibility index (Phi) is 9.23. The van der Waals surface area contributed by atoms with Crippen molar-refractivity contribution < 1.29 is 19.2 Å². The molecule has 0 saturated carbocycles. The van der Waals surface area contributed by atoms with E-state index in [2.05, 4.69) is 10.3 Å². The van der Waals surface area contributed by atoms with Crippen LogP contribution in [0.1, 0.15) is 41.7 Å². The summed E-state index contributed by atoms with van der Waals surface area (Å²) in [6.07, 6.45) is 2.27. The largest absolute Gasteiger partial charge is 0.361 e. The maximum Gasteiger partial charge on any atom is 0.246 e. The summed E-state index contributed by atoms with van der Waals surface area (Å²) in [4.78, 5) is 60.8. The van der Waals surface area contributed by atoms with Gasteiger partial charge in [0.1, 0.15) is 6.04 Å². The first-order valence-electron chi connectivity index (χ1n) is 16.1. The Labute approximate surface area is 279 Å². The highest BCUT2D eigenvalue weighted by atomic mass is 16.2. The summed E-state index contributed by atoms with van der Waals surface area (Å²) in [5.41, 5.74) is 10.6. The fourth-order valence-corrected chi connectivity index (χ4v) is 6.09. The molecule has 1 aliphatic heterocycles. The van der Waals surface area contributed by atoms with Gasteiger partial charge in [0, 0.05) is 36.6 Å². The molecule has 1 aromatic heterocycles. The highest BCUT2D eigenvalue weighted by Crippen LogP contribution is 2.30. The molecule has 9 heteroatoms. The number of nitrogens with zero attached hydrogens (tertiary/aromatic N) is 2. The molecule has 0 spiro atoms. The lowest BCUT2D eigenvalue weighted by Gasteiger charge is -2.27. The van der Waals surface area contributed by atoms with E-state index in [0.717, 1.165) is 38.7 Å². The number of imide groups is 1. The molecule has 48 heavy (non-hydrogen) atoms. The van der Waals surface area contributed by atoms with Gasteiger partial charge >= 0.3 is 0 Å². The van der Waals surface area contributed by atoms with Crippen LogP contribution in [0.15, 0.2) is 109 Å². The number of nitrogens with two attached hydrogens (primary N) is 1. The van der Waals surface area contributed by atoms with Crippen LogP contribution in [0.25, 0.3) is 10.9 Å². The number of hydrogen-bond acceptors (Lipinski definition) is 5. The Bertz CT molecular complexity index is 1910. The van der Waals surface area contributed by atoms with E-state index >= 15 is 0 Å². The molecule has 0 bridgehead atoms. The maximum absolute atomic E-state index is 14.1. The third kappa shape index (κ3) is 7.21. The normalized spacial score (nSPS) is 13.2. The number of aromatic amines is 1. The average molecular weight is 642 g/mol. The molecule has 0 unspecified atom stereocenters. The number of rotatable bonds is 10. The Morgan fingerprint density at radius 3 is 2.02 bits per heavy atom. The van der Waals surface area contributed by atoms with Crippen molar-refractivity contribution in [1.29, 1.82) is 0 Å². The number of carbonyl (C=O) groups excluding carboxylic acids is 4. The van der Waals surface area contributed by atoms with Gasteiger partial charge in [-0.25, -0.2) is 4.90 Å². The van der Waals surface area contributed by atoms with Crippen LogP contribution in [-0.4, -0.2) is 45.1 Å². The van der Waals surface area contributed by atoms with Gasteiger partial charge in [0.25, 0.3) is 0 Å². The van der Waals surface area contributed by atoms with Gasteiger partial charge in [0.2, 0.25) is 23.6 Å². The van der Waals surface area contributed by atoms with Crippen molar-refractivity contribution in [1.82, 2.24) is 15.2 Å². The standard InChI is InChI=1S/C39H39N5O4/c1-39(2,40)38(48)42-34(22-29-23-41-33-16-10-9-15-32(29)33)37(47)43-24-28-17-18-31(21-30(28)25-43)44(35(45)19-26-11-5-3-6-12-26)36(46)20-27-13-7-4-8-14-27/h3-18,21,23,34,41H,19-20,22,24-25,40H2,1-2H3,(H,42,48)/t34-/m1/s1. The first-order valence-corrected chi connectivity index (χ1v) is 16.1. The molecule has 0 fully saturated rings. The Morgan fingerprint density at radius 1 is 0.812 bits per heavy atom. The molecule has 0 saturated heterocycles. The van der Waals surface area contributed by atoms with Crippen LogP contribution in [0, 0.1) is 0 Å². The highest BCUT2D eigenvalue weighted by molar-refractivity contribution is 6.16. The Hall–Kier alpha value is -5.54. The van der Waals surface area contributed by atoms with Crippen molar-refractivity contribution in [3.8, 4) is 0 Å². The van der Waals surface area contributed by atoms with E-state index in [1.54, 1.807) is 24.8 Å². The third-order valence-corrected chi connectivity index (χ3v) is 8.66. The molecular formula is C39H39N5O4. The van der Waals surface area contributed by atoms with Gasteiger partial charge in [-0.1, -0.05) is 84.9 Å². The van der Waals surface area contributed by atoms with E-state index in [9.17, 15) is 19.2 Å². The van der Waals surface area contributed by atoms with Gasteiger partial charge in [0.15, 0.2) is 0 Å². The zero-order valence-electron chi connectivity index (χ0n) is 27.1. The van der Waals surface area contributed by atoms with Crippen LogP contribution in [0.5, 0.6) is 0 Å². The number of amides is 4. The number of carbonyl (C=O) groups is 4. The molecule has 4 amide bonds. The SMILES string of the molecule is CC(C)(N)C(=O)N[C@H](Cc1c[nH]c2ccccc12)C(=O)N1Cc2ccc(N(C(=O)Cc3ccccc3)C(=O)Cc3ccccc3)cc2C1. The highest BCUT2D eigenvalue weighted by Gasteiger charge is 2.34. The van der Waals surface area contributed by atoms with Crippen molar-refractivity contribution >= 4 is 40.2 Å². The number of benzene rings is 4. The van der Waals surface area contributed by atoms with Gasteiger partial charge in [-0.15, -0.1) is 0 Å². The molecule has 5 aromatic rings. The molecule has 0 radical (unpaired) electrons. The van der Waals surface area contributed by atoms with Crippen molar-refractivity contribution in [3.63, 3.8) is 0 Å². The Balaban J connectivity index is 1.25. The van der Waals surface area contributed by atoms with E-state index in [1.165, 1.54) is 4.90 Å². The minimum absolute atomic E-state index is 0.0652. The number of anilines is 1. The zero-order chi connectivity index (χ0) is 33.8. The van der Waals surface area contributed by atoms with Crippen LogP contribution in [0.2, 0.25) is 0 Å². The lowest BCUT2D eigenvalue weighted by Crippen LogP contribution is -2.56. The molecule has 0 aliphatic carbocycles. The van der Waals surface area contributed by atoms with E-state index in [0.29, 0.717) is 12.2 Å². The fourth-order valence-electron chi connectivity index (χ4n) is 6.09. The summed E-state index contributed by atoms with van der Waals surface area (Å²) in [5.74, 6) is -1.34. The first kappa shape index (κ1) is 32.4. The van der Waals surface area contributed by atoms with E-state index in [4.69, 9.17) is 5.73 Å². The molecule has 4 aromatic carbocycles. The van der Waals surface area contributed by atoms with Crippen molar-refractivity contribution in [2.24, 2.45) is 5.73 Å². The summed E-state index contributed by atoms with van der Waals surface area (Å²) in [6, 6.07) is 31.1.